The van der Waals surface area contributed by atoms with Crippen LogP contribution in [0.25, 0.3) is 0 Å². The van der Waals surface area contributed by atoms with Crippen molar-refractivity contribution in [2.45, 2.75) is 32.1 Å². The molecule has 2 aromatic carbocycles. The smallest absolute Gasteiger partial charge is 0.269 e. The lowest BCUT2D eigenvalue weighted by Gasteiger charge is -2.20. The third-order valence-electron chi connectivity index (χ3n) is 4.94. The number of hydrogen-bond acceptors (Lipinski definition) is 4. The van der Waals surface area contributed by atoms with Gasteiger partial charge in [0.1, 0.15) is 0 Å². The Labute approximate surface area is 180 Å². The molecule has 4 N–H and O–H groups in total. The normalized spacial score (nSPS) is 13.7. The second-order valence-electron chi connectivity index (χ2n) is 7.13. The summed E-state index contributed by atoms with van der Waals surface area (Å²) in [6.45, 7) is 0. The Morgan fingerprint density at radius 2 is 1.40 bits per heavy atom. The molecule has 1 fully saturated rings. The summed E-state index contributed by atoms with van der Waals surface area (Å²) in [6, 6.07) is 15.2. The molecule has 0 aliphatic heterocycles. The molecule has 0 spiro atoms. The van der Waals surface area contributed by atoms with Crippen LogP contribution in [0, 0.1) is 5.92 Å². The lowest BCUT2D eigenvalue weighted by Crippen LogP contribution is -2.48. The SMILES string of the molecule is O=C(NNC(=S)NC(=O)c1ccccc1)c1ccc(NC(=O)C2CCCCC2)cc1. The quantitative estimate of drug-likeness (QED) is 0.446. The number of carbonyl (C=O) groups excluding carboxylic acids is 3. The molecule has 156 valence electrons. The average molecular weight is 425 g/mol. The molecule has 1 aliphatic rings. The maximum atomic E-state index is 12.3. The number of rotatable bonds is 4. The fourth-order valence-electron chi connectivity index (χ4n) is 3.30. The Hall–Kier alpha value is -3.26. The molecule has 0 aromatic heterocycles. The van der Waals surface area contributed by atoms with Gasteiger partial charge in [0.05, 0.1) is 0 Å². The van der Waals surface area contributed by atoms with Crippen LogP contribution in [-0.4, -0.2) is 22.8 Å². The fourth-order valence-corrected chi connectivity index (χ4v) is 3.44. The first kappa shape index (κ1) is 21.4. The first-order valence-electron chi connectivity index (χ1n) is 9.90. The van der Waals surface area contributed by atoms with Crippen molar-refractivity contribution < 1.29 is 14.4 Å². The Morgan fingerprint density at radius 3 is 2.07 bits per heavy atom. The van der Waals surface area contributed by atoms with Gasteiger partial charge in [0, 0.05) is 22.7 Å². The van der Waals surface area contributed by atoms with Crippen molar-refractivity contribution in [3.05, 3.63) is 65.7 Å². The molecule has 0 heterocycles. The third kappa shape index (κ3) is 6.12. The summed E-state index contributed by atoms with van der Waals surface area (Å²) in [5.41, 5.74) is 6.43. The number of amides is 3. The number of nitrogens with one attached hydrogen (secondary N) is 4. The van der Waals surface area contributed by atoms with Gasteiger partial charge in [0.2, 0.25) is 5.91 Å². The van der Waals surface area contributed by atoms with Crippen molar-refractivity contribution in [1.29, 1.82) is 0 Å². The molecule has 0 atom stereocenters. The highest BCUT2D eigenvalue weighted by molar-refractivity contribution is 7.80. The predicted octanol–water partition coefficient (Wildman–Crippen LogP) is 3.15. The molecule has 7 nitrogen and oxygen atoms in total. The van der Waals surface area contributed by atoms with Gasteiger partial charge in [-0.1, -0.05) is 37.5 Å². The number of anilines is 1. The molecule has 1 aliphatic carbocycles. The zero-order valence-corrected chi connectivity index (χ0v) is 17.3. The van der Waals surface area contributed by atoms with E-state index >= 15 is 0 Å². The number of hydrazine groups is 1. The van der Waals surface area contributed by atoms with Crippen molar-refractivity contribution in [2.24, 2.45) is 5.92 Å². The minimum atomic E-state index is -0.420. The Morgan fingerprint density at radius 1 is 0.767 bits per heavy atom. The predicted molar refractivity (Wildman–Crippen MR) is 119 cm³/mol. The molecule has 8 heteroatoms. The number of hydrogen-bond donors (Lipinski definition) is 4. The Bertz CT molecular complexity index is 910. The second-order valence-corrected chi connectivity index (χ2v) is 7.54. The van der Waals surface area contributed by atoms with Crippen molar-refractivity contribution >= 4 is 40.7 Å². The number of benzene rings is 2. The van der Waals surface area contributed by atoms with Gasteiger partial charge >= 0.3 is 0 Å². The molecule has 1 saturated carbocycles. The van der Waals surface area contributed by atoms with Crippen LogP contribution in [0.1, 0.15) is 52.8 Å². The van der Waals surface area contributed by atoms with Crippen LogP contribution >= 0.6 is 12.2 Å². The van der Waals surface area contributed by atoms with E-state index in [1.54, 1.807) is 54.6 Å². The zero-order valence-electron chi connectivity index (χ0n) is 16.4. The van der Waals surface area contributed by atoms with E-state index in [1.807, 2.05) is 0 Å². The Balaban J connectivity index is 1.45. The van der Waals surface area contributed by atoms with Crippen LogP contribution < -0.4 is 21.5 Å². The van der Waals surface area contributed by atoms with Gasteiger partial charge in [-0.3, -0.25) is 30.6 Å². The molecule has 3 rings (SSSR count). The van der Waals surface area contributed by atoms with E-state index in [9.17, 15) is 14.4 Å². The van der Waals surface area contributed by atoms with Crippen LogP contribution in [-0.2, 0) is 4.79 Å². The molecule has 0 unspecified atom stereocenters. The lowest BCUT2D eigenvalue weighted by molar-refractivity contribution is -0.120. The van der Waals surface area contributed by atoms with Gasteiger partial charge in [-0.2, -0.15) is 0 Å². The molecule has 3 amide bonds. The maximum Gasteiger partial charge on any atom is 0.269 e. The third-order valence-corrected chi connectivity index (χ3v) is 5.15. The van der Waals surface area contributed by atoms with Gasteiger partial charge in [-0.25, -0.2) is 0 Å². The highest BCUT2D eigenvalue weighted by Gasteiger charge is 2.21. The van der Waals surface area contributed by atoms with Gasteiger partial charge in [0.25, 0.3) is 11.8 Å². The Kier molecular flexibility index (Phi) is 7.51. The molecule has 2 aromatic rings. The molecule has 0 radical (unpaired) electrons. The second kappa shape index (κ2) is 10.5. The summed E-state index contributed by atoms with van der Waals surface area (Å²) in [6.07, 6.45) is 5.24. The van der Waals surface area contributed by atoms with Crippen molar-refractivity contribution in [3.63, 3.8) is 0 Å². The van der Waals surface area contributed by atoms with Crippen LogP contribution in [0.15, 0.2) is 54.6 Å². The van der Waals surface area contributed by atoms with E-state index in [0.29, 0.717) is 16.8 Å². The van der Waals surface area contributed by atoms with Gasteiger partial charge in [-0.05, 0) is 61.5 Å². The molecule has 30 heavy (non-hydrogen) atoms. The summed E-state index contributed by atoms with van der Waals surface area (Å²) < 4.78 is 0. The largest absolute Gasteiger partial charge is 0.326 e. The van der Waals surface area contributed by atoms with E-state index < -0.39 is 5.91 Å². The molecular weight excluding hydrogens is 400 g/mol. The van der Waals surface area contributed by atoms with Crippen LogP contribution in [0.3, 0.4) is 0 Å². The van der Waals surface area contributed by atoms with Crippen molar-refractivity contribution in [3.8, 4) is 0 Å². The summed E-state index contributed by atoms with van der Waals surface area (Å²) >= 11 is 5.02. The summed E-state index contributed by atoms with van der Waals surface area (Å²) in [4.78, 5) is 36.6. The standard InChI is InChI=1S/C22H24N4O3S/c27-19(15-7-3-1-4-8-15)23-18-13-11-17(12-14-18)21(29)25-26-22(30)24-20(28)16-9-5-2-6-10-16/h2,5-6,9-15H,1,3-4,7-8H2,(H,23,27)(H,25,29)(H2,24,26,28,30). The van der Waals surface area contributed by atoms with Crippen LogP contribution in [0.4, 0.5) is 5.69 Å². The molecular formula is C22H24N4O3S. The van der Waals surface area contributed by atoms with Crippen molar-refractivity contribution in [1.82, 2.24) is 16.2 Å². The maximum absolute atomic E-state index is 12.3. The first-order chi connectivity index (χ1) is 14.5. The van der Waals surface area contributed by atoms with Gasteiger partial charge < -0.3 is 5.32 Å². The van der Waals surface area contributed by atoms with Gasteiger partial charge in [-0.15, -0.1) is 0 Å². The van der Waals surface area contributed by atoms with E-state index in [1.165, 1.54) is 6.42 Å². The van der Waals surface area contributed by atoms with Crippen LogP contribution in [0.5, 0.6) is 0 Å². The topological polar surface area (TPSA) is 99.3 Å². The number of thiocarbonyl (C=S) groups is 1. The minimum Gasteiger partial charge on any atom is -0.326 e. The average Bonchev–Trinajstić information content (AvgIpc) is 2.79. The molecule has 0 saturated heterocycles. The zero-order chi connectivity index (χ0) is 21.3. The lowest BCUT2D eigenvalue weighted by atomic mass is 9.88. The highest BCUT2D eigenvalue weighted by Crippen LogP contribution is 2.25. The number of carbonyl (C=O) groups is 3. The fraction of sp³-hybridized carbons (Fsp3) is 0.273. The monoisotopic (exact) mass is 424 g/mol. The molecule has 0 bridgehead atoms. The summed E-state index contributed by atoms with van der Waals surface area (Å²) in [5, 5.41) is 5.37. The first-order valence-corrected chi connectivity index (χ1v) is 10.3. The van der Waals surface area contributed by atoms with Crippen LogP contribution in [0.2, 0.25) is 0 Å². The van der Waals surface area contributed by atoms with E-state index in [2.05, 4.69) is 21.5 Å². The van der Waals surface area contributed by atoms with E-state index in [-0.39, 0.29) is 22.8 Å². The van der Waals surface area contributed by atoms with E-state index in [4.69, 9.17) is 12.2 Å². The summed E-state index contributed by atoms with van der Waals surface area (Å²) in [5.74, 6) is -0.692. The highest BCUT2D eigenvalue weighted by atomic mass is 32.1. The minimum absolute atomic E-state index is 0.0198. The summed E-state index contributed by atoms with van der Waals surface area (Å²) in [7, 11) is 0. The van der Waals surface area contributed by atoms with E-state index in [0.717, 1.165) is 25.7 Å². The van der Waals surface area contributed by atoms with Gasteiger partial charge in [0.15, 0.2) is 5.11 Å². The van der Waals surface area contributed by atoms with Crippen molar-refractivity contribution in [2.75, 3.05) is 5.32 Å².